The van der Waals surface area contributed by atoms with Gasteiger partial charge < -0.3 is 15.0 Å². The zero-order valence-electron chi connectivity index (χ0n) is 13.5. The number of aromatic nitrogens is 1. The molecule has 1 aliphatic rings. The van der Waals surface area contributed by atoms with Crippen molar-refractivity contribution in [2.45, 2.75) is 37.0 Å². The topological polar surface area (TPSA) is 54.3 Å². The molecule has 0 unspecified atom stereocenters. The van der Waals surface area contributed by atoms with E-state index in [4.69, 9.17) is 0 Å². The van der Waals surface area contributed by atoms with E-state index in [9.17, 15) is 9.90 Å². The van der Waals surface area contributed by atoms with E-state index in [-0.39, 0.29) is 12.5 Å². The molecule has 23 heavy (non-hydrogen) atoms. The number of hydrogen-bond donors (Lipinski definition) is 2. The van der Waals surface area contributed by atoms with Crippen molar-refractivity contribution in [3.05, 3.63) is 36.0 Å². The van der Waals surface area contributed by atoms with Crippen LogP contribution in [0.25, 0.3) is 10.9 Å². The Morgan fingerprint density at radius 1 is 1.39 bits per heavy atom. The van der Waals surface area contributed by atoms with Crippen LogP contribution in [0.3, 0.4) is 0 Å². The average molecular weight is 332 g/mol. The number of nitrogens with zero attached hydrogens (tertiary/aromatic N) is 1. The molecule has 1 aliphatic carbocycles. The summed E-state index contributed by atoms with van der Waals surface area (Å²) in [4.78, 5) is 11.9. The van der Waals surface area contributed by atoms with Crippen LogP contribution in [0.2, 0.25) is 0 Å². The smallest absolute Gasteiger partial charge is 0.230 e. The molecule has 2 N–H and O–H groups in total. The van der Waals surface area contributed by atoms with E-state index in [0.717, 1.165) is 16.5 Å². The van der Waals surface area contributed by atoms with E-state index in [2.05, 4.69) is 5.32 Å². The van der Waals surface area contributed by atoms with Gasteiger partial charge in [-0.3, -0.25) is 4.79 Å². The van der Waals surface area contributed by atoms with Gasteiger partial charge in [-0.1, -0.05) is 18.9 Å². The predicted octanol–water partition coefficient (Wildman–Crippen LogP) is 3.00. The zero-order valence-corrected chi connectivity index (χ0v) is 14.3. The molecule has 1 aromatic carbocycles. The first kappa shape index (κ1) is 16.4. The van der Waals surface area contributed by atoms with E-state index in [1.165, 1.54) is 25.7 Å². The van der Waals surface area contributed by atoms with Crippen molar-refractivity contribution in [2.75, 3.05) is 12.3 Å². The fourth-order valence-electron chi connectivity index (χ4n) is 3.14. The second kappa shape index (κ2) is 7.41. The number of rotatable bonds is 6. The molecule has 0 aliphatic heterocycles. The highest BCUT2D eigenvalue weighted by Gasteiger charge is 2.17. The minimum Gasteiger partial charge on any atom is -0.387 e. The molecule has 1 amide bonds. The Balaban J connectivity index is 1.49. The third-order valence-electron chi connectivity index (χ3n) is 4.54. The fourth-order valence-corrected chi connectivity index (χ4v) is 4.29. The molecule has 0 saturated heterocycles. The van der Waals surface area contributed by atoms with Gasteiger partial charge in [-0.15, -0.1) is 11.8 Å². The quantitative estimate of drug-likeness (QED) is 0.855. The zero-order chi connectivity index (χ0) is 16.2. The molecular weight excluding hydrogens is 308 g/mol. The van der Waals surface area contributed by atoms with E-state index in [0.29, 0.717) is 11.0 Å². The summed E-state index contributed by atoms with van der Waals surface area (Å²) in [5, 5.41) is 14.9. The lowest BCUT2D eigenvalue weighted by Gasteiger charge is -2.13. The Bertz CT molecular complexity index is 677. The van der Waals surface area contributed by atoms with Crippen molar-refractivity contribution in [1.82, 2.24) is 9.88 Å². The standard InChI is InChI=1S/C18H24N2O2S/c1-20-9-8-13-10-14(6-7-16(13)20)17(21)11-19-18(22)12-23-15-4-2-3-5-15/h6-10,15,17,21H,2-5,11-12H2,1H3,(H,19,22)/t17-/m1/s1. The Morgan fingerprint density at radius 3 is 2.96 bits per heavy atom. The highest BCUT2D eigenvalue weighted by molar-refractivity contribution is 8.00. The molecule has 5 heteroatoms. The van der Waals surface area contributed by atoms with Gasteiger partial charge >= 0.3 is 0 Å². The first-order chi connectivity index (χ1) is 11.1. The lowest BCUT2D eigenvalue weighted by atomic mass is 10.1. The van der Waals surface area contributed by atoms with Gasteiger partial charge in [-0.2, -0.15) is 0 Å². The molecule has 124 valence electrons. The number of aliphatic hydroxyl groups excluding tert-OH is 1. The van der Waals surface area contributed by atoms with Crippen molar-refractivity contribution in [2.24, 2.45) is 7.05 Å². The number of fused-ring (bicyclic) bond motifs is 1. The number of thioether (sulfide) groups is 1. The minimum absolute atomic E-state index is 0.0155. The maximum atomic E-state index is 11.9. The first-order valence-electron chi connectivity index (χ1n) is 8.25. The molecule has 1 atom stereocenters. The molecule has 1 fully saturated rings. The third-order valence-corrected chi connectivity index (χ3v) is 5.91. The number of amides is 1. The summed E-state index contributed by atoms with van der Waals surface area (Å²) in [6.07, 6.45) is 6.39. The Morgan fingerprint density at radius 2 is 2.17 bits per heavy atom. The lowest BCUT2D eigenvalue weighted by molar-refractivity contribution is -0.119. The Kier molecular flexibility index (Phi) is 5.28. The number of aliphatic hydroxyl groups is 1. The van der Waals surface area contributed by atoms with Crippen LogP contribution in [-0.2, 0) is 11.8 Å². The average Bonchev–Trinajstić information content (AvgIpc) is 3.20. The van der Waals surface area contributed by atoms with Crippen LogP contribution < -0.4 is 5.32 Å². The Labute approximate surface area is 141 Å². The molecular formula is C18H24N2O2S. The van der Waals surface area contributed by atoms with Crippen molar-refractivity contribution >= 4 is 28.6 Å². The molecule has 1 heterocycles. The van der Waals surface area contributed by atoms with Gasteiger partial charge in [0, 0.05) is 30.6 Å². The highest BCUT2D eigenvalue weighted by atomic mass is 32.2. The minimum atomic E-state index is -0.667. The van der Waals surface area contributed by atoms with Crippen LogP contribution >= 0.6 is 11.8 Å². The predicted molar refractivity (Wildman–Crippen MR) is 95.6 cm³/mol. The normalized spacial score (nSPS) is 16.8. The van der Waals surface area contributed by atoms with Crippen molar-refractivity contribution in [1.29, 1.82) is 0 Å². The summed E-state index contributed by atoms with van der Waals surface area (Å²) >= 11 is 1.75. The van der Waals surface area contributed by atoms with E-state index >= 15 is 0 Å². The van der Waals surface area contributed by atoms with Crippen LogP contribution in [0.15, 0.2) is 30.5 Å². The summed E-state index contributed by atoms with van der Waals surface area (Å²) in [5.41, 5.74) is 1.98. The van der Waals surface area contributed by atoms with Gasteiger partial charge in [0.05, 0.1) is 11.9 Å². The van der Waals surface area contributed by atoms with Crippen LogP contribution in [0.1, 0.15) is 37.4 Å². The Hall–Kier alpha value is -1.46. The monoisotopic (exact) mass is 332 g/mol. The van der Waals surface area contributed by atoms with Crippen LogP contribution in [0.4, 0.5) is 0 Å². The van der Waals surface area contributed by atoms with Crippen LogP contribution in [0.5, 0.6) is 0 Å². The number of carbonyl (C=O) groups excluding carboxylic acids is 1. The van der Waals surface area contributed by atoms with Gasteiger partial charge in [0.2, 0.25) is 5.91 Å². The maximum absolute atomic E-state index is 11.9. The van der Waals surface area contributed by atoms with Gasteiger partial charge in [-0.25, -0.2) is 0 Å². The van der Waals surface area contributed by atoms with Gasteiger partial charge in [0.25, 0.3) is 0 Å². The maximum Gasteiger partial charge on any atom is 0.230 e. The first-order valence-corrected chi connectivity index (χ1v) is 9.30. The lowest BCUT2D eigenvalue weighted by Crippen LogP contribution is -2.30. The molecule has 2 aromatic rings. The summed E-state index contributed by atoms with van der Waals surface area (Å²) in [7, 11) is 2.00. The largest absolute Gasteiger partial charge is 0.387 e. The van der Waals surface area contributed by atoms with E-state index in [1.54, 1.807) is 11.8 Å². The van der Waals surface area contributed by atoms with E-state index < -0.39 is 6.10 Å². The number of nitrogens with one attached hydrogen (secondary N) is 1. The summed E-state index contributed by atoms with van der Waals surface area (Å²) in [6, 6.07) is 7.94. The van der Waals surface area contributed by atoms with Gasteiger partial charge in [0.1, 0.15) is 0 Å². The molecule has 3 rings (SSSR count). The third kappa shape index (κ3) is 4.09. The molecule has 0 radical (unpaired) electrons. The second-order valence-corrected chi connectivity index (χ2v) is 7.57. The van der Waals surface area contributed by atoms with Gasteiger partial charge in [-0.05, 0) is 42.0 Å². The van der Waals surface area contributed by atoms with Crippen molar-refractivity contribution in [3.8, 4) is 0 Å². The summed E-state index contributed by atoms with van der Waals surface area (Å²) in [5.74, 6) is 0.511. The van der Waals surface area contributed by atoms with Crippen LogP contribution in [-0.4, -0.2) is 33.1 Å². The SMILES string of the molecule is Cn1ccc2cc([C@H](O)CNC(=O)CSC3CCCC3)ccc21. The number of carbonyl (C=O) groups is 1. The number of aryl methyl sites for hydroxylation is 1. The van der Waals surface area contributed by atoms with Crippen molar-refractivity contribution < 1.29 is 9.90 Å². The summed E-state index contributed by atoms with van der Waals surface area (Å²) < 4.78 is 2.05. The number of hydrogen-bond acceptors (Lipinski definition) is 3. The van der Waals surface area contributed by atoms with Gasteiger partial charge in [0.15, 0.2) is 0 Å². The molecule has 4 nitrogen and oxygen atoms in total. The number of benzene rings is 1. The summed E-state index contributed by atoms with van der Waals surface area (Å²) in [6.45, 7) is 0.266. The fraction of sp³-hybridized carbons (Fsp3) is 0.500. The molecule has 0 bridgehead atoms. The second-order valence-electron chi connectivity index (χ2n) is 6.28. The molecule has 1 saturated carbocycles. The molecule has 0 spiro atoms. The van der Waals surface area contributed by atoms with Crippen LogP contribution in [0, 0.1) is 0 Å². The van der Waals surface area contributed by atoms with E-state index in [1.807, 2.05) is 42.1 Å². The molecule has 1 aromatic heterocycles. The highest BCUT2D eigenvalue weighted by Crippen LogP contribution is 2.29. The van der Waals surface area contributed by atoms with Crippen molar-refractivity contribution in [3.63, 3.8) is 0 Å².